The van der Waals surface area contributed by atoms with Crippen molar-refractivity contribution in [1.29, 1.82) is 0 Å². The van der Waals surface area contributed by atoms with Crippen LogP contribution in [0.3, 0.4) is 0 Å². The third kappa shape index (κ3) is 3.52. The summed E-state index contributed by atoms with van der Waals surface area (Å²) in [4.78, 5) is 13.3. The molecule has 0 bridgehead atoms. The lowest BCUT2D eigenvalue weighted by molar-refractivity contribution is 0.0937. The van der Waals surface area contributed by atoms with Crippen LogP contribution in [0.5, 0.6) is 5.75 Å². The second-order valence-electron chi connectivity index (χ2n) is 4.74. The molecule has 0 aliphatic heterocycles. The number of methoxy groups -OCH3 is 1. The zero-order valence-electron chi connectivity index (χ0n) is 12.5. The Morgan fingerprint density at radius 2 is 1.87 bits per heavy atom. The van der Waals surface area contributed by atoms with Crippen LogP contribution in [0.25, 0.3) is 11.4 Å². The van der Waals surface area contributed by atoms with Crippen molar-refractivity contribution in [2.24, 2.45) is 0 Å². The van der Waals surface area contributed by atoms with Crippen molar-refractivity contribution in [3.8, 4) is 17.1 Å². The summed E-state index contributed by atoms with van der Waals surface area (Å²) in [5.74, 6) is 1.06. The van der Waals surface area contributed by atoms with Gasteiger partial charge in [0.1, 0.15) is 12.4 Å². The monoisotopic (exact) mass is 309 g/mol. The summed E-state index contributed by atoms with van der Waals surface area (Å²) in [6.45, 7) is 0.150. The molecule has 0 atom stereocenters. The first-order valence-corrected chi connectivity index (χ1v) is 7.02. The van der Waals surface area contributed by atoms with Crippen molar-refractivity contribution in [3.63, 3.8) is 0 Å². The highest BCUT2D eigenvalue weighted by molar-refractivity contribution is 5.93. The van der Waals surface area contributed by atoms with E-state index in [1.165, 1.54) is 4.80 Å². The van der Waals surface area contributed by atoms with Gasteiger partial charge in [-0.2, -0.15) is 0 Å². The summed E-state index contributed by atoms with van der Waals surface area (Å²) in [7, 11) is 1.61. The fourth-order valence-corrected chi connectivity index (χ4v) is 2.00. The van der Waals surface area contributed by atoms with Gasteiger partial charge in [-0.15, -0.1) is 15.0 Å². The van der Waals surface area contributed by atoms with Gasteiger partial charge in [0.2, 0.25) is 5.82 Å². The van der Waals surface area contributed by atoms with Gasteiger partial charge in [-0.3, -0.25) is 4.79 Å². The van der Waals surface area contributed by atoms with Crippen molar-refractivity contribution in [2.75, 3.05) is 7.11 Å². The second-order valence-corrected chi connectivity index (χ2v) is 4.74. The van der Waals surface area contributed by atoms with Crippen LogP contribution in [0, 0.1) is 0 Å². The van der Waals surface area contributed by atoms with E-state index in [1.807, 2.05) is 42.5 Å². The lowest BCUT2D eigenvalue weighted by atomic mass is 10.2. The standard InChI is InChI=1S/C16H15N5O2/c1-23-14-9-7-12(8-10-14)15-18-20-21(19-15)11-17-16(22)13-5-3-2-4-6-13/h2-10H,11H2,1H3,(H,17,22). The Labute approximate surface area is 132 Å². The van der Waals surface area contributed by atoms with Crippen LogP contribution >= 0.6 is 0 Å². The van der Waals surface area contributed by atoms with Crippen LogP contribution in [-0.4, -0.2) is 33.2 Å². The van der Waals surface area contributed by atoms with Crippen molar-refractivity contribution in [3.05, 3.63) is 60.2 Å². The predicted molar refractivity (Wildman–Crippen MR) is 83.7 cm³/mol. The fraction of sp³-hybridized carbons (Fsp3) is 0.125. The molecule has 7 heteroatoms. The minimum absolute atomic E-state index is 0.150. The SMILES string of the molecule is COc1ccc(-c2nnn(CNC(=O)c3ccccc3)n2)cc1. The number of hydrogen-bond acceptors (Lipinski definition) is 5. The third-order valence-electron chi connectivity index (χ3n) is 3.22. The van der Waals surface area contributed by atoms with Crippen LogP contribution < -0.4 is 10.1 Å². The summed E-state index contributed by atoms with van der Waals surface area (Å²) < 4.78 is 5.11. The Kier molecular flexibility index (Phi) is 4.28. The Morgan fingerprint density at radius 1 is 1.13 bits per heavy atom. The molecule has 23 heavy (non-hydrogen) atoms. The molecule has 0 saturated heterocycles. The molecule has 1 heterocycles. The molecule has 0 saturated carbocycles. The van der Waals surface area contributed by atoms with Gasteiger partial charge in [0.05, 0.1) is 7.11 Å². The van der Waals surface area contributed by atoms with E-state index in [1.54, 1.807) is 19.2 Å². The van der Waals surface area contributed by atoms with Gasteiger partial charge in [0.15, 0.2) is 0 Å². The van der Waals surface area contributed by atoms with E-state index in [-0.39, 0.29) is 12.6 Å². The lowest BCUT2D eigenvalue weighted by Crippen LogP contribution is -2.27. The summed E-state index contributed by atoms with van der Waals surface area (Å²) in [6.07, 6.45) is 0. The number of benzene rings is 2. The number of tetrazole rings is 1. The molecule has 1 aromatic heterocycles. The fourth-order valence-electron chi connectivity index (χ4n) is 2.00. The highest BCUT2D eigenvalue weighted by atomic mass is 16.5. The molecule has 0 aliphatic rings. The number of nitrogens with zero attached hydrogens (tertiary/aromatic N) is 4. The average Bonchev–Trinajstić information content (AvgIpc) is 3.09. The maximum atomic E-state index is 12.0. The summed E-state index contributed by atoms with van der Waals surface area (Å²) >= 11 is 0. The van der Waals surface area contributed by atoms with Crippen LogP contribution in [0.15, 0.2) is 54.6 Å². The Balaban J connectivity index is 1.64. The van der Waals surface area contributed by atoms with Crippen LogP contribution in [0.2, 0.25) is 0 Å². The number of ether oxygens (including phenoxy) is 1. The molecule has 1 N–H and O–H groups in total. The number of hydrogen-bond donors (Lipinski definition) is 1. The summed E-state index contributed by atoms with van der Waals surface area (Å²) in [5.41, 5.74) is 1.41. The molecule has 0 aliphatic carbocycles. The van der Waals surface area contributed by atoms with Gasteiger partial charge in [0.25, 0.3) is 5.91 Å². The van der Waals surface area contributed by atoms with E-state index in [0.29, 0.717) is 11.4 Å². The van der Waals surface area contributed by atoms with E-state index in [2.05, 4.69) is 20.7 Å². The molecule has 3 rings (SSSR count). The molecule has 0 unspecified atom stereocenters. The molecule has 2 aromatic carbocycles. The number of aromatic nitrogens is 4. The molecule has 3 aromatic rings. The van der Waals surface area contributed by atoms with Crippen molar-refractivity contribution >= 4 is 5.91 Å². The van der Waals surface area contributed by atoms with Crippen molar-refractivity contribution in [2.45, 2.75) is 6.67 Å². The van der Waals surface area contributed by atoms with E-state index in [9.17, 15) is 4.79 Å². The number of rotatable bonds is 5. The normalized spacial score (nSPS) is 10.3. The van der Waals surface area contributed by atoms with E-state index < -0.39 is 0 Å². The van der Waals surface area contributed by atoms with E-state index in [0.717, 1.165) is 11.3 Å². The van der Waals surface area contributed by atoms with Gasteiger partial charge in [-0.25, -0.2) is 0 Å². The largest absolute Gasteiger partial charge is 0.497 e. The predicted octanol–water partition coefficient (Wildman–Crippen LogP) is 1.74. The van der Waals surface area contributed by atoms with Gasteiger partial charge in [0, 0.05) is 11.1 Å². The maximum absolute atomic E-state index is 12.0. The van der Waals surface area contributed by atoms with Crippen LogP contribution in [0.4, 0.5) is 0 Å². The molecule has 0 spiro atoms. The summed E-state index contributed by atoms with van der Waals surface area (Å²) in [5, 5.41) is 14.9. The first kappa shape index (κ1) is 14.7. The second kappa shape index (κ2) is 6.69. The highest BCUT2D eigenvalue weighted by Gasteiger charge is 2.08. The third-order valence-corrected chi connectivity index (χ3v) is 3.22. The average molecular weight is 309 g/mol. The van der Waals surface area contributed by atoms with Gasteiger partial charge >= 0.3 is 0 Å². The molecular formula is C16H15N5O2. The lowest BCUT2D eigenvalue weighted by Gasteiger charge is -2.03. The Morgan fingerprint density at radius 3 is 2.57 bits per heavy atom. The van der Waals surface area contributed by atoms with Gasteiger partial charge < -0.3 is 10.1 Å². The molecule has 1 amide bonds. The van der Waals surface area contributed by atoms with Crippen LogP contribution in [-0.2, 0) is 6.67 Å². The number of carbonyl (C=O) groups is 1. The van der Waals surface area contributed by atoms with E-state index in [4.69, 9.17) is 4.74 Å². The number of amides is 1. The first-order chi connectivity index (χ1) is 11.3. The van der Waals surface area contributed by atoms with Crippen molar-refractivity contribution < 1.29 is 9.53 Å². The molecular weight excluding hydrogens is 294 g/mol. The van der Waals surface area contributed by atoms with Gasteiger partial charge in [-0.1, -0.05) is 18.2 Å². The van der Waals surface area contributed by atoms with E-state index >= 15 is 0 Å². The van der Waals surface area contributed by atoms with Gasteiger partial charge in [-0.05, 0) is 41.6 Å². The number of carbonyl (C=O) groups excluding carboxylic acids is 1. The molecule has 0 radical (unpaired) electrons. The first-order valence-electron chi connectivity index (χ1n) is 7.02. The minimum atomic E-state index is -0.186. The zero-order valence-corrected chi connectivity index (χ0v) is 12.5. The van der Waals surface area contributed by atoms with Crippen LogP contribution in [0.1, 0.15) is 10.4 Å². The highest BCUT2D eigenvalue weighted by Crippen LogP contribution is 2.18. The Bertz CT molecular complexity index is 784. The molecule has 0 fully saturated rings. The minimum Gasteiger partial charge on any atom is -0.497 e. The molecule has 116 valence electrons. The quantitative estimate of drug-likeness (QED) is 0.776. The zero-order chi connectivity index (χ0) is 16.1. The smallest absolute Gasteiger partial charge is 0.252 e. The molecule has 7 nitrogen and oxygen atoms in total. The maximum Gasteiger partial charge on any atom is 0.252 e. The number of nitrogens with one attached hydrogen (secondary N) is 1. The topological polar surface area (TPSA) is 81.9 Å². The van der Waals surface area contributed by atoms with Crippen molar-refractivity contribution in [1.82, 2.24) is 25.5 Å². The summed E-state index contributed by atoms with van der Waals surface area (Å²) in [6, 6.07) is 16.3. The Hall–Kier alpha value is -3.22.